The summed E-state index contributed by atoms with van der Waals surface area (Å²) in [6.45, 7) is 7.29. The van der Waals surface area contributed by atoms with Crippen LogP contribution in [0.25, 0.3) is 16.9 Å². The van der Waals surface area contributed by atoms with Gasteiger partial charge >= 0.3 is 0 Å². The molecule has 0 aliphatic rings. The van der Waals surface area contributed by atoms with E-state index in [1.807, 2.05) is 28.9 Å². The minimum absolute atomic E-state index is 0.443. The smallest absolute Gasteiger partial charge is 0.0975 e. The first kappa shape index (κ1) is 15.5. The Morgan fingerprint density at radius 3 is 2.17 bits per heavy atom. The summed E-state index contributed by atoms with van der Waals surface area (Å²) < 4.78 is 2.04. The standard InChI is InChI=1S/C20H23N3/c1-15(2)21-14-19-16(3)23(18-12-8-5-9-13-18)22-20(19)17-10-6-4-7-11-17/h4-13,15,21H,14H2,1-3H3. The van der Waals surface area contributed by atoms with Crippen molar-refractivity contribution in [2.75, 3.05) is 0 Å². The van der Waals surface area contributed by atoms with Crippen LogP contribution in [-0.4, -0.2) is 15.8 Å². The maximum absolute atomic E-state index is 4.90. The molecular formula is C20H23N3. The summed E-state index contributed by atoms with van der Waals surface area (Å²) in [7, 11) is 0. The van der Waals surface area contributed by atoms with Gasteiger partial charge in [0.2, 0.25) is 0 Å². The predicted octanol–water partition coefficient (Wildman–Crippen LogP) is 4.35. The molecule has 1 N–H and O–H groups in total. The van der Waals surface area contributed by atoms with Gasteiger partial charge in [0.1, 0.15) is 0 Å². The van der Waals surface area contributed by atoms with Crippen molar-refractivity contribution >= 4 is 0 Å². The van der Waals surface area contributed by atoms with E-state index in [9.17, 15) is 0 Å². The van der Waals surface area contributed by atoms with Gasteiger partial charge in [0, 0.05) is 29.4 Å². The Morgan fingerprint density at radius 2 is 1.57 bits per heavy atom. The Morgan fingerprint density at radius 1 is 0.957 bits per heavy atom. The number of nitrogens with zero attached hydrogens (tertiary/aromatic N) is 2. The third kappa shape index (κ3) is 3.35. The van der Waals surface area contributed by atoms with Crippen LogP contribution in [0.4, 0.5) is 0 Å². The van der Waals surface area contributed by atoms with E-state index in [0.29, 0.717) is 6.04 Å². The van der Waals surface area contributed by atoms with Gasteiger partial charge in [-0.25, -0.2) is 4.68 Å². The Bertz CT molecular complexity index is 758. The highest BCUT2D eigenvalue weighted by atomic mass is 15.3. The SMILES string of the molecule is Cc1c(CNC(C)C)c(-c2ccccc2)nn1-c1ccccc1. The minimum Gasteiger partial charge on any atom is -0.310 e. The molecule has 0 aliphatic heterocycles. The molecule has 0 aliphatic carbocycles. The highest BCUT2D eigenvalue weighted by Gasteiger charge is 2.17. The van der Waals surface area contributed by atoms with E-state index in [-0.39, 0.29) is 0 Å². The largest absolute Gasteiger partial charge is 0.310 e. The Kier molecular flexibility index (Phi) is 4.58. The van der Waals surface area contributed by atoms with Crippen molar-refractivity contribution in [2.24, 2.45) is 0 Å². The fourth-order valence-corrected chi connectivity index (χ4v) is 2.70. The van der Waals surface area contributed by atoms with Crippen molar-refractivity contribution in [2.45, 2.75) is 33.4 Å². The molecule has 3 nitrogen and oxygen atoms in total. The summed E-state index contributed by atoms with van der Waals surface area (Å²) in [5.74, 6) is 0. The van der Waals surface area contributed by atoms with Crippen molar-refractivity contribution in [3.8, 4) is 16.9 Å². The molecule has 0 saturated heterocycles. The van der Waals surface area contributed by atoms with E-state index >= 15 is 0 Å². The monoisotopic (exact) mass is 305 g/mol. The lowest BCUT2D eigenvalue weighted by Gasteiger charge is -2.09. The van der Waals surface area contributed by atoms with Gasteiger partial charge in [-0.3, -0.25) is 0 Å². The van der Waals surface area contributed by atoms with E-state index in [0.717, 1.165) is 23.5 Å². The molecule has 0 spiro atoms. The summed E-state index contributed by atoms with van der Waals surface area (Å²) in [6.07, 6.45) is 0. The summed E-state index contributed by atoms with van der Waals surface area (Å²) in [5, 5.41) is 8.43. The maximum Gasteiger partial charge on any atom is 0.0975 e. The average Bonchev–Trinajstić information content (AvgIpc) is 2.91. The van der Waals surface area contributed by atoms with Gasteiger partial charge in [-0.1, -0.05) is 62.4 Å². The lowest BCUT2D eigenvalue weighted by atomic mass is 10.1. The first-order valence-electron chi connectivity index (χ1n) is 8.09. The Balaban J connectivity index is 2.10. The van der Waals surface area contributed by atoms with Crippen LogP contribution in [0.5, 0.6) is 0 Å². The van der Waals surface area contributed by atoms with Gasteiger partial charge in [0.25, 0.3) is 0 Å². The Hall–Kier alpha value is -2.39. The van der Waals surface area contributed by atoms with Crippen molar-refractivity contribution in [3.05, 3.63) is 71.9 Å². The van der Waals surface area contributed by atoms with Crippen LogP contribution in [0, 0.1) is 6.92 Å². The van der Waals surface area contributed by atoms with Gasteiger partial charge in [0.05, 0.1) is 11.4 Å². The summed E-state index contributed by atoms with van der Waals surface area (Å²) >= 11 is 0. The second-order valence-electron chi connectivity index (χ2n) is 6.06. The second-order valence-corrected chi connectivity index (χ2v) is 6.06. The highest BCUT2D eigenvalue weighted by molar-refractivity contribution is 5.64. The van der Waals surface area contributed by atoms with E-state index in [2.05, 4.69) is 62.5 Å². The molecule has 1 aromatic heterocycles. The number of para-hydroxylation sites is 1. The van der Waals surface area contributed by atoms with Crippen molar-refractivity contribution in [1.82, 2.24) is 15.1 Å². The van der Waals surface area contributed by atoms with Crippen molar-refractivity contribution in [3.63, 3.8) is 0 Å². The van der Waals surface area contributed by atoms with Gasteiger partial charge < -0.3 is 5.32 Å². The molecular weight excluding hydrogens is 282 g/mol. The van der Waals surface area contributed by atoms with Crippen LogP contribution in [0.3, 0.4) is 0 Å². The van der Waals surface area contributed by atoms with E-state index < -0.39 is 0 Å². The fraction of sp³-hybridized carbons (Fsp3) is 0.250. The van der Waals surface area contributed by atoms with Gasteiger partial charge in [-0.05, 0) is 19.1 Å². The fourth-order valence-electron chi connectivity index (χ4n) is 2.70. The van der Waals surface area contributed by atoms with E-state index in [4.69, 9.17) is 5.10 Å². The van der Waals surface area contributed by atoms with Gasteiger partial charge in [-0.15, -0.1) is 0 Å². The van der Waals surface area contributed by atoms with Crippen molar-refractivity contribution < 1.29 is 0 Å². The van der Waals surface area contributed by atoms with Crippen molar-refractivity contribution in [1.29, 1.82) is 0 Å². The van der Waals surface area contributed by atoms with Crippen LogP contribution in [0.15, 0.2) is 60.7 Å². The first-order chi connectivity index (χ1) is 11.2. The number of hydrogen-bond donors (Lipinski definition) is 1. The molecule has 2 aromatic carbocycles. The molecule has 0 saturated carbocycles. The molecule has 0 bridgehead atoms. The number of nitrogens with one attached hydrogen (secondary N) is 1. The normalized spacial score (nSPS) is 11.1. The number of hydrogen-bond acceptors (Lipinski definition) is 2. The molecule has 23 heavy (non-hydrogen) atoms. The molecule has 1 heterocycles. The third-order valence-corrected chi connectivity index (χ3v) is 3.98. The lowest BCUT2D eigenvalue weighted by Crippen LogP contribution is -2.22. The van der Waals surface area contributed by atoms with Crippen LogP contribution in [0.2, 0.25) is 0 Å². The summed E-state index contributed by atoms with van der Waals surface area (Å²) in [4.78, 5) is 0. The molecule has 118 valence electrons. The number of rotatable bonds is 5. The van der Waals surface area contributed by atoms with Gasteiger partial charge in [-0.2, -0.15) is 5.10 Å². The quantitative estimate of drug-likeness (QED) is 0.759. The average molecular weight is 305 g/mol. The zero-order chi connectivity index (χ0) is 16.2. The maximum atomic E-state index is 4.90. The molecule has 0 radical (unpaired) electrons. The topological polar surface area (TPSA) is 29.9 Å². The molecule has 3 rings (SSSR count). The second kappa shape index (κ2) is 6.80. The molecule has 0 fully saturated rings. The summed E-state index contributed by atoms with van der Waals surface area (Å²) in [6, 6.07) is 21.2. The van der Waals surface area contributed by atoms with Gasteiger partial charge in [0.15, 0.2) is 0 Å². The van der Waals surface area contributed by atoms with Crippen LogP contribution in [-0.2, 0) is 6.54 Å². The number of benzene rings is 2. The van der Waals surface area contributed by atoms with Crippen LogP contribution < -0.4 is 5.32 Å². The molecule has 0 unspecified atom stereocenters. The third-order valence-electron chi connectivity index (χ3n) is 3.98. The first-order valence-corrected chi connectivity index (χ1v) is 8.09. The lowest BCUT2D eigenvalue weighted by molar-refractivity contribution is 0.587. The highest BCUT2D eigenvalue weighted by Crippen LogP contribution is 2.27. The molecule has 3 aromatic rings. The molecule has 0 atom stereocenters. The molecule has 0 amide bonds. The zero-order valence-corrected chi connectivity index (χ0v) is 14.0. The van der Waals surface area contributed by atoms with E-state index in [1.165, 1.54) is 11.3 Å². The Labute approximate surface area is 138 Å². The van der Waals surface area contributed by atoms with E-state index in [1.54, 1.807) is 0 Å². The summed E-state index contributed by atoms with van der Waals surface area (Å²) in [5.41, 5.74) is 5.75. The zero-order valence-electron chi connectivity index (χ0n) is 14.0. The number of aromatic nitrogens is 2. The molecule has 3 heteroatoms. The van der Waals surface area contributed by atoms with Crippen LogP contribution in [0.1, 0.15) is 25.1 Å². The minimum atomic E-state index is 0.443. The predicted molar refractivity (Wildman–Crippen MR) is 95.7 cm³/mol. The van der Waals surface area contributed by atoms with Crippen LogP contribution >= 0.6 is 0 Å².